The van der Waals surface area contributed by atoms with E-state index in [9.17, 15) is 13.2 Å². The maximum Gasteiger partial charge on any atom is 0.264 e. The second-order valence-corrected chi connectivity index (χ2v) is 9.16. The number of nitrogens with one attached hydrogen (secondary N) is 2. The summed E-state index contributed by atoms with van der Waals surface area (Å²) >= 11 is 11.1. The van der Waals surface area contributed by atoms with Crippen LogP contribution in [0, 0.1) is 0 Å². The van der Waals surface area contributed by atoms with Gasteiger partial charge in [0.15, 0.2) is 5.11 Å². The third-order valence-corrected chi connectivity index (χ3v) is 6.70. The van der Waals surface area contributed by atoms with Gasteiger partial charge in [-0.15, -0.1) is 0 Å². The molecule has 31 heavy (non-hydrogen) atoms. The third-order valence-electron chi connectivity index (χ3n) is 4.35. The minimum atomic E-state index is -3.72. The molecular weight excluding hydrogens is 454 g/mol. The number of anilines is 2. The fourth-order valence-corrected chi connectivity index (χ4v) is 4.76. The third kappa shape index (κ3) is 5.61. The fraction of sp³-hybridized carbons (Fsp3) is 0.0909. The first-order valence-electron chi connectivity index (χ1n) is 9.37. The maximum absolute atomic E-state index is 13.0. The molecule has 3 rings (SSSR count). The Hall–Kier alpha value is -2.94. The van der Waals surface area contributed by atoms with Crippen LogP contribution >= 0.6 is 23.8 Å². The average Bonchev–Trinajstić information content (AvgIpc) is 2.75. The molecule has 0 aliphatic rings. The number of thiocarbonyl (C=S) groups is 1. The van der Waals surface area contributed by atoms with E-state index in [0.29, 0.717) is 28.5 Å². The quantitative estimate of drug-likeness (QED) is 0.508. The molecule has 6 nitrogen and oxygen atoms in total. The van der Waals surface area contributed by atoms with Crippen LogP contribution in [0.25, 0.3) is 0 Å². The summed E-state index contributed by atoms with van der Waals surface area (Å²) in [5.74, 6) is -0.402. The number of sulfonamides is 1. The molecule has 3 aromatic carbocycles. The molecule has 160 valence electrons. The number of benzene rings is 3. The van der Waals surface area contributed by atoms with Crippen LogP contribution in [0.4, 0.5) is 11.4 Å². The van der Waals surface area contributed by atoms with Crippen molar-refractivity contribution in [2.45, 2.75) is 11.8 Å². The molecule has 0 aliphatic heterocycles. The molecule has 0 radical (unpaired) electrons. The number of hydrogen-bond acceptors (Lipinski definition) is 4. The Balaban J connectivity index is 1.69. The van der Waals surface area contributed by atoms with Crippen molar-refractivity contribution < 1.29 is 13.2 Å². The van der Waals surface area contributed by atoms with Gasteiger partial charge in [0.1, 0.15) is 0 Å². The van der Waals surface area contributed by atoms with Crippen LogP contribution < -0.4 is 14.9 Å². The van der Waals surface area contributed by atoms with Gasteiger partial charge in [0.05, 0.1) is 10.6 Å². The standard InChI is InChI=1S/C22H20ClN3O3S2/c1-2-26(19-9-4-3-5-10-19)31(28,29)20-13-11-18(12-14-20)24-22(30)25-21(27)16-7-6-8-17(23)15-16/h3-15H,2H2,1H3,(H2,24,25,27,30). The number of halogens is 1. The number of nitrogens with zero attached hydrogens (tertiary/aromatic N) is 1. The molecule has 0 aliphatic carbocycles. The second kappa shape index (κ2) is 9.91. The first-order chi connectivity index (χ1) is 14.8. The highest BCUT2D eigenvalue weighted by molar-refractivity contribution is 7.92. The lowest BCUT2D eigenvalue weighted by Crippen LogP contribution is -2.34. The number of carbonyl (C=O) groups excluding carboxylic acids is 1. The molecule has 3 aromatic rings. The summed E-state index contributed by atoms with van der Waals surface area (Å²) in [6.45, 7) is 2.08. The Labute approximate surface area is 191 Å². The molecule has 9 heteroatoms. The smallest absolute Gasteiger partial charge is 0.264 e. The monoisotopic (exact) mass is 473 g/mol. The van der Waals surface area contributed by atoms with Gasteiger partial charge in [0.2, 0.25) is 0 Å². The minimum absolute atomic E-state index is 0.0834. The van der Waals surface area contributed by atoms with E-state index in [1.165, 1.54) is 22.5 Å². The molecule has 0 fully saturated rings. The van der Waals surface area contributed by atoms with E-state index in [0.717, 1.165) is 0 Å². The average molecular weight is 474 g/mol. The zero-order valence-corrected chi connectivity index (χ0v) is 19.0. The Morgan fingerprint density at radius 1 is 1.00 bits per heavy atom. The molecule has 0 saturated heterocycles. The molecule has 0 saturated carbocycles. The molecule has 0 heterocycles. The molecule has 0 aromatic heterocycles. The first-order valence-corrected chi connectivity index (χ1v) is 11.6. The fourth-order valence-electron chi connectivity index (χ4n) is 2.89. The normalized spacial score (nSPS) is 10.9. The van der Waals surface area contributed by atoms with Crippen molar-refractivity contribution in [3.63, 3.8) is 0 Å². The zero-order chi connectivity index (χ0) is 22.4. The van der Waals surface area contributed by atoms with E-state index < -0.39 is 15.9 Å². The number of hydrogen-bond donors (Lipinski definition) is 2. The topological polar surface area (TPSA) is 78.5 Å². The van der Waals surface area contributed by atoms with Gasteiger partial charge in [0, 0.05) is 22.8 Å². The molecule has 0 atom stereocenters. The van der Waals surface area contributed by atoms with Crippen molar-refractivity contribution >= 4 is 56.2 Å². The molecule has 1 amide bonds. The molecular formula is C22H20ClN3O3S2. The van der Waals surface area contributed by atoms with Crippen LogP contribution in [0.3, 0.4) is 0 Å². The summed E-state index contributed by atoms with van der Waals surface area (Å²) < 4.78 is 27.4. The summed E-state index contributed by atoms with van der Waals surface area (Å²) in [6.07, 6.45) is 0. The highest BCUT2D eigenvalue weighted by Crippen LogP contribution is 2.24. The summed E-state index contributed by atoms with van der Waals surface area (Å²) in [7, 11) is -3.72. The molecule has 0 spiro atoms. The minimum Gasteiger partial charge on any atom is -0.332 e. The van der Waals surface area contributed by atoms with Crippen LogP contribution in [0.2, 0.25) is 5.02 Å². The highest BCUT2D eigenvalue weighted by atomic mass is 35.5. The lowest BCUT2D eigenvalue weighted by molar-refractivity contribution is 0.0977. The number of carbonyl (C=O) groups is 1. The highest BCUT2D eigenvalue weighted by Gasteiger charge is 2.23. The van der Waals surface area contributed by atoms with Crippen molar-refractivity contribution in [1.29, 1.82) is 0 Å². The van der Waals surface area contributed by atoms with Gasteiger partial charge in [0.25, 0.3) is 15.9 Å². The van der Waals surface area contributed by atoms with Gasteiger partial charge in [-0.05, 0) is 73.7 Å². The summed E-state index contributed by atoms with van der Waals surface area (Å²) in [4.78, 5) is 12.4. The lowest BCUT2D eigenvalue weighted by Gasteiger charge is -2.23. The summed E-state index contributed by atoms with van der Waals surface area (Å²) in [5.41, 5.74) is 1.51. The summed E-state index contributed by atoms with van der Waals surface area (Å²) in [5, 5.41) is 5.96. The van der Waals surface area contributed by atoms with E-state index in [1.807, 2.05) is 6.07 Å². The molecule has 0 bridgehead atoms. The predicted octanol–water partition coefficient (Wildman–Crippen LogP) is 4.68. The van der Waals surface area contributed by atoms with E-state index >= 15 is 0 Å². The Kier molecular flexibility index (Phi) is 7.27. The zero-order valence-electron chi connectivity index (χ0n) is 16.6. The van der Waals surface area contributed by atoms with Crippen molar-refractivity contribution in [2.24, 2.45) is 0 Å². The number of amides is 1. The lowest BCUT2D eigenvalue weighted by atomic mass is 10.2. The SMILES string of the molecule is CCN(c1ccccc1)S(=O)(=O)c1ccc(NC(=S)NC(=O)c2cccc(Cl)c2)cc1. The van der Waals surface area contributed by atoms with Gasteiger partial charge in [-0.2, -0.15) is 0 Å². The van der Waals surface area contributed by atoms with E-state index in [4.69, 9.17) is 23.8 Å². The van der Waals surface area contributed by atoms with E-state index in [1.54, 1.807) is 61.5 Å². The number of para-hydroxylation sites is 1. The van der Waals surface area contributed by atoms with Gasteiger partial charge in [-0.25, -0.2) is 8.42 Å². The van der Waals surface area contributed by atoms with Crippen molar-refractivity contribution in [1.82, 2.24) is 5.32 Å². The van der Waals surface area contributed by atoms with Crippen LogP contribution in [0.1, 0.15) is 17.3 Å². The predicted molar refractivity (Wildman–Crippen MR) is 128 cm³/mol. The van der Waals surface area contributed by atoms with Crippen LogP contribution in [0.5, 0.6) is 0 Å². The van der Waals surface area contributed by atoms with Crippen molar-refractivity contribution in [2.75, 3.05) is 16.2 Å². The Morgan fingerprint density at radius 2 is 1.68 bits per heavy atom. The van der Waals surface area contributed by atoms with Crippen molar-refractivity contribution in [3.8, 4) is 0 Å². The Morgan fingerprint density at radius 3 is 2.29 bits per heavy atom. The molecule has 0 unspecified atom stereocenters. The van der Waals surface area contributed by atoms with E-state index in [-0.39, 0.29) is 10.0 Å². The first kappa shape index (κ1) is 22.7. The summed E-state index contributed by atoms with van der Waals surface area (Å²) in [6, 6.07) is 21.6. The second-order valence-electron chi connectivity index (χ2n) is 6.45. The maximum atomic E-state index is 13.0. The van der Waals surface area contributed by atoms with Crippen molar-refractivity contribution in [3.05, 3.63) is 89.4 Å². The van der Waals surface area contributed by atoms with Gasteiger partial charge in [-0.3, -0.25) is 14.4 Å². The molecule has 2 N–H and O–H groups in total. The van der Waals surface area contributed by atoms with Crippen LogP contribution in [-0.2, 0) is 10.0 Å². The Bertz CT molecular complexity index is 1180. The largest absolute Gasteiger partial charge is 0.332 e. The number of rotatable bonds is 6. The van der Waals surface area contributed by atoms with Gasteiger partial charge in [-0.1, -0.05) is 35.9 Å². The van der Waals surface area contributed by atoms with Crippen LogP contribution in [-0.4, -0.2) is 26.0 Å². The van der Waals surface area contributed by atoms with Crippen LogP contribution in [0.15, 0.2) is 83.8 Å². The van der Waals surface area contributed by atoms with Gasteiger partial charge >= 0.3 is 0 Å². The van der Waals surface area contributed by atoms with E-state index in [2.05, 4.69) is 10.6 Å². The van der Waals surface area contributed by atoms with Gasteiger partial charge < -0.3 is 5.32 Å².